The first kappa shape index (κ1) is 51.6. The first-order chi connectivity index (χ1) is 26.2. The molecular formula is C49H93NO3. The summed E-state index contributed by atoms with van der Waals surface area (Å²) in [5.74, 6) is -0.0745. The molecule has 4 heteroatoms. The lowest BCUT2D eigenvalue weighted by Gasteiger charge is -2.19. The Kier molecular flexibility index (Phi) is 43.8. The highest BCUT2D eigenvalue weighted by atomic mass is 16.3. The van der Waals surface area contributed by atoms with E-state index in [1.54, 1.807) is 6.08 Å². The van der Waals surface area contributed by atoms with Crippen molar-refractivity contribution >= 4 is 5.91 Å². The summed E-state index contributed by atoms with van der Waals surface area (Å²) in [4.78, 5) is 12.4. The fourth-order valence-electron chi connectivity index (χ4n) is 7.19. The van der Waals surface area contributed by atoms with Crippen molar-refractivity contribution in [3.63, 3.8) is 0 Å². The quantitative estimate of drug-likeness (QED) is 0.0430. The monoisotopic (exact) mass is 744 g/mol. The topological polar surface area (TPSA) is 69.6 Å². The van der Waals surface area contributed by atoms with Crippen molar-refractivity contribution < 1.29 is 15.0 Å². The molecule has 0 spiro atoms. The minimum Gasteiger partial charge on any atom is -0.394 e. The molecule has 53 heavy (non-hydrogen) atoms. The van der Waals surface area contributed by atoms with E-state index in [9.17, 15) is 15.0 Å². The number of aliphatic hydroxyl groups excluding tert-OH is 2. The molecule has 0 saturated carbocycles. The van der Waals surface area contributed by atoms with E-state index in [0.29, 0.717) is 6.42 Å². The van der Waals surface area contributed by atoms with Crippen molar-refractivity contribution in [1.82, 2.24) is 5.32 Å². The Morgan fingerprint density at radius 2 is 0.736 bits per heavy atom. The van der Waals surface area contributed by atoms with Crippen LogP contribution in [0.15, 0.2) is 36.5 Å². The summed E-state index contributed by atoms with van der Waals surface area (Å²) >= 11 is 0. The molecule has 3 N–H and O–H groups in total. The van der Waals surface area contributed by atoms with Gasteiger partial charge in [-0.2, -0.15) is 0 Å². The molecule has 0 radical (unpaired) electrons. The first-order valence-corrected chi connectivity index (χ1v) is 23.7. The zero-order valence-electron chi connectivity index (χ0n) is 35.8. The van der Waals surface area contributed by atoms with E-state index < -0.39 is 12.1 Å². The molecule has 0 fully saturated rings. The van der Waals surface area contributed by atoms with Gasteiger partial charge in [0, 0.05) is 6.42 Å². The van der Waals surface area contributed by atoms with Gasteiger partial charge >= 0.3 is 0 Å². The fraction of sp³-hybridized carbons (Fsp3) is 0.857. The van der Waals surface area contributed by atoms with Gasteiger partial charge in [0.25, 0.3) is 0 Å². The Morgan fingerprint density at radius 1 is 0.434 bits per heavy atom. The average Bonchev–Trinajstić information content (AvgIpc) is 3.16. The molecule has 312 valence electrons. The SMILES string of the molecule is CCCCCCCCCCCC/C=C/CC/C=C/C(O)C(CO)NC(=O)CCCCCCCCCCC/C=C\CCCCCCCCCCCCCC. The second-order valence-electron chi connectivity index (χ2n) is 16.2. The minimum atomic E-state index is -0.861. The van der Waals surface area contributed by atoms with E-state index in [4.69, 9.17) is 0 Å². The maximum atomic E-state index is 12.4. The summed E-state index contributed by atoms with van der Waals surface area (Å²) < 4.78 is 0. The fourth-order valence-corrected chi connectivity index (χ4v) is 7.19. The van der Waals surface area contributed by atoms with Crippen LogP contribution in [-0.4, -0.2) is 34.9 Å². The van der Waals surface area contributed by atoms with E-state index in [1.807, 2.05) is 6.08 Å². The summed E-state index contributed by atoms with van der Waals surface area (Å²) in [6, 6.07) is -0.639. The Bertz CT molecular complexity index is 806. The highest BCUT2D eigenvalue weighted by Crippen LogP contribution is 2.15. The normalized spacial score (nSPS) is 13.2. The molecule has 0 aliphatic rings. The molecule has 0 saturated heterocycles. The second kappa shape index (κ2) is 45.0. The Morgan fingerprint density at radius 3 is 1.09 bits per heavy atom. The Labute approximate surface area is 331 Å². The standard InChI is InChI=1S/C49H93NO3/c1-3-5-7-9-11-13-15-17-19-21-22-23-24-25-26-27-28-29-31-33-35-37-39-41-43-45-49(53)50-47(46-51)48(52)44-42-40-38-36-34-32-30-20-18-16-14-12-10-8-6-4-2/h25-26,34,36,42,44,47-48,51-52H,3-24,27-33,35,37-41,43,45-46H2,1-2H3,(H,50,53)/b26-25-,36-34+,44-42+. The number of carbonyl (C=O) groups excluding carboxylic acids is 1. The van der Waals surface area contributed by atoms with Crippen molar-refractivity contribution in [2.75, 3.05) is 6.61 Å². The zero-order valence-corrected chi connectivity index (χ0v) is 35.8. The van der Waals surface area contributed by atoms with Crippen LogP contribution in [0, 0.1) is 0 Å². The number of hydrogen-bond donors (Lipinski definition) is 3. The number of carbonyl (C=O) groups is 1. The van der Waals surface area contributed by atoms with Crippen molar-refractivity contribution in [3.8, 4) is 0 Å². The van der Waals surface area contributed by atoms with Crippen molar-refractivity contribution in [2.45, 2.75) is 264 Å². The number of allylic oxidation sites excluding steroid dienone is 5. The smallest absolute Gasteiger partial charge is 0.220 e. The molecule has 0 aliphatic carbocycles. The van der Waals surface area contributed by atoms with Gasteiger partial charge in [-0.1, -0.05) is 224 Å². The van der Waals surface area contributed by atoms with Gasteiger partial charge in [-0.25, -0.2) is 0 Å². The average molecular weight is 744 g/mol. The maximum absolute atomic E-state index is 12.4. The Balaban J connectivity index is 3.55. The molecule has 0 aliphatic heterocycles. The van der Waals surface area contributed by atoms with E-state index >= 15 is 0 Å². The van der Waals surface area contributed by atoms with Crippen LogP contribution >= 0.6 is 0 Å². The van der Waals surface area contributed by atoms with E-state index in [2.05, 4.69) is 43.5 Å². The molecular weight excluding hydrogens is 651 g/mol. The van der Waals surface area contributed by atoms with Gasteiger partial charge in [0.15, 0.2) is 0 Å². The summed E-state index contributed by atoms with van der Waals surface area (Å²) in [7, 11) is 0. The summed E-state index contributed by atoms with van der Waals surface area (Å²) in [6.07, 6.45) is 59.8. The molecule has 0 aromatic heterocycles. The number of unbranched alkanes of at least 4 members (excludes halogenated alkanes) is 32. The molecule has 0 aromatic carbocycles. The lowest BCUT2D eigenvalue weighted by molar-refractivity contribution is -0.123. The summed E-state index contributed by atoms with van der Waals surface area (Å²) in [5.41, 5.74) is 0. The second-order valence-corrected chi connectivity index (χ2v) is 16.2. The van der Waals surface area contributed by atoms with E-state index in [1.165, 1.54) is 199 Å². The highest BCUT2D eigenvalue weighted by Gasteiger charge is 2.17. The third-order valence-electron chi connectivity index (χ3n) is 10.8. The predicted molar refractivity (Wildman–Crippen MR) is 235 cm³/mol. The maximum Gasteiger partial charge on any atom is 0.220 e. The largest absolute Gasteiger partial charge is 0.394 e. The highest BCUT2D eigenvalue weighted by molar-refractivity contribution is 5.76. The van der Waals surface area contributed by atoms with Crippen LogP contribution in [0.2, 0.25) is 0 Å². The zero-order chi connectivity index (χ0) is 38.6. The van der Waals surface area contributed by atoms with Gasteiger partial charge in [-0.15, -0.1) is 0 Å². The van der Waals surface area contributed by atoms with Crippen molar-refractivity contribution in [3.05, 3.63) is 36.5 Å². The Hall–Kier alpha value is -1.39. The lowest BCUT2D eigenvalue weighted by Crippen LogP contribution is -2.45. The van der Waals surface area contributed by atoms with Crippen molar-refractivity contribution in [1.29, 1.82) is 0 Å². The molecule has 0 heterocycles. The molecule has 0 rings (SSSR count). The predicted octanol–water partition coefficient (Wildman–Crippen LogP) is 15.0. The molecule has 0 bridgehead atoms. The van der Waals surface area contributed by atoms with Gasteiger partial charge < -0.3 is 15.5 Å². The molecule has 2 atom stereocenters. The van der Waals surface area contributed by atoms with Crippen LogP contribution in [0.5, 0.6) is 0 Å². The van der Waals surface area contributed by atoms with Gasteiger partial charge in [0.05, 0.1) is 18.8 Å². The molecule has 1 amide bonds. The van der Waals surface area contributed by atoms with Crippen LogP contribution in [-0.2, 0) is 4.79 Å². The lowest BCUT2D eigenvalue weighted by atomic mass is 10.0. The first-order valence-electron chi connectivity index (χ1n) is 23.7. The molecule has 2 unspecified atom stereocenters. The summed E-state index contributed by atoms with van der Waals surface area (Å²) in [5, 5.41) is 23.0. The number of hydrogen-bond acceptors (Lipinski definition) is 3. The van der Waals surface area contributed by atoms with Gasteiger partial charge in [0.2, 0.25) is 5.91 Å². The van der Waals surface area contributed by atoms with Crippen LogP contribution < -0.4 is 5.32 Å². The third kappa shape index (κ3) is 41.6. The van der Waals surface area contributed by atoms with E-state index in [-0.39, 0.29) is 12.5 Å². The van der Waals surface area contributed by atoms with Gasteiger partial charge in [-0.3, -0.25) is 4.79 Å². The van der Waals surface area contributed by atoms with Crippen LogP contribution in [0.1, 0.15) is 251 Å². The third-order valence-corrected chi connectivity index (χ3v) is 10.8. The van der Waals surface area contributed by atoms with Crippen LogP contribution in [0.3, 0.4) is 0 Å². The van der Waals surface area contributed by atoms with Crippen LogP contribution in [0.25, 0.3) is 0 Å². The van der Waals surface area contributed by atoms with Crippen molar-refractivity contribution in [2.24, 2.45) is 0 Å². The van der Waals surface area contributed by atoms with Crippen LogP contribution in [0.4, 0.5) is 0 Å². The molecule has 4 nitrogen and oxygen atoms in total. The number of amides is 1. The number of aliphatic hydroxyl groups is 2. The molecule has 0 aromatic rings. The van der Waals surface area contributed by atoms with Gasteiger partial charge in [0.1, 0.15) is 0 Å². The number of rotatable bonds is 43. The van der Waals surface area contributed by atoms with E-state index in [0.717, 1.165) is 32.1 Å². The number of nitrogens with one attached hydrogen (secondary N) is 1. The van der Waals surface area contributed by atoms with Gasteiger partial charge in [-0.05, 0) is 57.8 Å². The summed E-state index contributed by atoms with van der Waals surface area (Å²) in [6.45, 7) is 4.31. The minimum absolute atomic E-state index is 0.0745.